The van der Waals surface area contributed by atoms with Crippen LogP contribution in [0.1, 0.15) is 11.1 Å². The maximum absolute atomic E-state index is 11.4. The number of benzene rings is 1. The standard InChI is InChI=1S/C17H21N5O3/c1-21(2)10-11-22(3)15(20-25)13-7-4-12(5-8-13)6-9-14-16(23)19-17(24)18-14/h4-5,7-8,14,25H,10-11H2,1-3H3,(H2,18,19,23,24)/b20-15-. The van der Waals surface area contributed by atoms with Gasteiger partial charge >= 0.3 is 6.03 Å². The van der Waals surface area contributed by atoms with Gasteiger partial charge in [0.25, 0.3) is 5.91 Å². The average molecular weight is 343 g/mol. The fraction of sp³-hybridized carbons (Fsp3) is 0.353. The Labute approximate surface area is 146 Å². The molecular formula is C17H21N5O3. The highest BCUT2D eigenvalue weighted by molar-refractivity contribution is 6.05. The highest BCUT2D eigenvalue weighted by Crippen LogP contribution is 2.08. The van der Waals surface area contributed by atoms with Crippen molar-refractivity contribution in [3.8, 4) is 11.8 Å². The van der Waals surface area contributed by atoms with Gasteiger partial charge in [0, 0.05) is 31.3 Å². The molecule has 1 aliphatic heterocycles. The number of oxime groups is 1. The fourth-order valence-electron chi connectivity index (χ4n) is 2.19. The molecule has 0 spiro atoms. The Kier molecular flexibility index (Phi) is 5.98. The Hall–Kier alpha value is -3.05. The summed E-state index contributed by atoms with van der Waals surface area (Å²) in [7, 11) is 5.81. The second kappa shape index (κ2) is 8.17. The predicted molar refractivity (Wildman–Crippen MR) is 93.3 cm³/mol. The molecule has 1 fully saturated rings. The molecule has 0 saturated carbocycles. The molecule has 8 heteroatoms. The van der Waals surface area contributed by atoms with Gasteiger partial charge in [0.1, 0.15) is 0 Å². The molecule has 1 heterocycles. The van der Waals surface area contributed by atoms with E-state index in [2.05, 4.69) is 27.6 Å². The van der Waals surface area contributed by atoms with E-state index in [1.165, 1.54) is 0 Å². The Morgan fingerprint density at radius 2 is 1.88 bits per heavy atom. The van der Waals surface area contributed by atoms with Gasteiger partial charge in [-0.15, -0.1) is 0 Å². The topological polar surface area (TPSA) is 97.3 Å². The molecule has 0 aliphatic carbocycles. The Balaban J connectivity index is 2.06. The number of carbonyl (C=O) groups excluding carboxylic acids is 2. The molecule has 8 nitrogen and oxygen atoms in total. The molecule has 0 aromatic heterocycles. The van der Waals surface area contributed by atoms with Gasteiger partial charge in [-0.2, -0.15) is 0 Å². The second-order valence-corrected chi connectivity index (χ2v) is 5.89. The van der Waals surface area contributed by atoms with E-state index < -0.39 is 18.0 Å². The van der Waals surface area contributed by atoms with Crippen LogP contribution in [0, 0.1) is 11.8 Å². The van der Waals surface area contributed by atoms with Crippen LogP contribution in [0.3, 0.4) is 0 Å². The fourth-order valence-corrected chi connectivity index (χ4v) is 2.19. The van der Waals surface area contributed by atoms with Gasteiger partial charge < -0.3 is 20.3 Å². The minimum Gasteiger partial charge on any atom is -0.409 e. The molecule has 0 bridgehead atoms. The summed E-state index contributed by atoms with van der Waals surface area (Å²) in [6.45, 7) is 1.54. The van der Waals surface area contributed by atoms with Crippen molar-refractivity contribution in [2.45, 2.75) is 6.04 Å². The summed E-state index contributed by atoms with van der Waals surface area (Å²) in [6.07, 6.45) is 0. The predicted octanol–water partition coefficient (Wildman–Crippen LogP) is -0.125. The number of amidine groups is 1. The van der Waals surface area contributed by atoms with E-state index in [9.17, 15) is 14.8 Å². The summed E-state index contributed by atoms with van der Waals surface area (Å²) < 4.78 is 0. The normalized spacial score (nSPS) is 17.0. The molecule has 25 heavy (non-hydrogen) atoms. The van der Waals surface area contributed by atoms with Crippen LogP contribution in [0.4, 0.5) is 4.79 Å². The van der Waals surface area contributed by atoms with E-state index in [-0.39, 0.29) is 0 Å². The van der Waals surface area contributed by atoms with Crippen LogP contribution in [0.15, 0.2) is 29.4 Å². The molecule has 2 rings (SSSR count). The smallest absolute Gasteiger partial charge is 0.322 e. The van der Waals surface area contributed by atoms with Crippen LogP contribution in [0.5, 0.6) is 0 Å². The van der Waals surface area contributed by atoms with Crippen molar-refractivity contribution in [1.82, 2.24) is 20.4 Å². The highest BCUT2D eigenvalue weighted by atomic mass is 16.4. The van der Waals surface area contributed by atoms with Crippen LogP contribution >= 0.6 is 0 Å². The Morgan fingerprint density at radius 1 is 1.20 bits per heavy atom. The Morgan fingerprint density at radius 3 is 2.40 bits per heavy atom. The zero-order valence-electron chi connectivity index (χ0n) is 14.4. The number of urea groups is 1. The first kappa shape index (κ1) is 18.3. The Bertz CT molecular complexity index is 731. The van der Waals surface area contributed by atoms with E-state index in [1.54, 1.807) is 24.3 Å². The van der Waals surface area contributed by atoms with E-state index in [0.29, 0.717) is 17.9 Å². The summed E-state index contributed by atoms with van der Waals surface area (Å²) in [5.41, 5.74) is 1.44. The third-order valence-corrected chi connectivity index (χ3v) is 3.62. The second-order valence-electron chi connectivity index (χ2n) is 5.89. The van der Waals surface area contributed by atoms with E-state index in [0.717, 1.165) is 12.1 Å². The lowest BCUT2D eigenvalue weighted by atomic mass is 10.1. The molecule has 1 atom stereocenters. The summed E-state index contributed by atoms with van der Waals surface area (Å²) in [5.74, 6) is 5.56. The number of nitrogens with zero attached hydrogens (tertiary/aromatic N) is 3. The lowest BCUT2D eigenvalue weighted by Gasteiger charge is -2.22. The van der Waals surface area contributed by atoms with Gasteiger partial charge in [-0.1, -0.05) is 17.0 Å². The monoisotopic (exact) mass is 343 g/mol. The quantitative estimate of drug-likeness (QED) is 0.177. The molecule has 1 saturated heterocycles. The number of hydrogen-bond donors (Lipinski definition) is 3. The van der Waals surface area contributed by atoms with E-state index in [4.69, 9.17) is 0 Å². The van der Waals surface area contributed by atoms with Gasteiger partial charge in [-0.3, -0.25) is 10.1 Å². The lowest BCUT2D eigenvalue weighted by molar-refractivity contribution is -0.119. The average Bonchev–Trinajstić information content (AvgIpc) is 2.90. The van der Waals surface area contributed by atoms with Gasteiger partial charge in [-0.25, -0.2) is 4.79 Å². The molecule has 3 amide bonds. The number of nitrogens with one attached hydrogen (secondary N) is 2. The number of rotatable bonds is 4. The summed E-state index contributed by atoms with van der Waals surface area (Å²) in [5, 5.41) is 17.2. The van der Waals surface area contributed by atoms with Gasteiger partial charge in [-0.05, 0) is 38.4 Å². The van der Waals surface area contributed by atoms with Crippen molar-refractivity contribution in [3.05, 3.63) is 35.4 Å². The van der Waals surface area contributed by atoms with Gasteiger partial charge in [0.15, 0.2) is 11.9 Å². The van der Waals surface area contributed by atoms with Crippen LogP contribution in [0.2, 0.25) is 0 Å². The lowest BCUT2D eigenvalue weighted by Crippen LogP contribution is -2.34. The van der Waals surface area contributed by atoms with Crippen LogP contribution in [0.25, 0.3) is 0 Å². The first-order valence-corrected chi connectivity index (χ1v) is 7.72. The molecule has 132 valence electrons. The molecule has 0 radical (unpaired) electrons. The van der Waals surface area contributed by atoms with Crippen LogP contribution < -0.4 is 10.6 Å². The van der Waals surface area contributed by atoms with Crippen molar-refractivity contribution in [1.29, 1.82) is 0 Å². The van der Waals surface area contributed by atoms with Crippen LogP contribution in [-0.4, -0.2) is 73.1 Å². The van der Waals surface area contributed by atoms with E-state index >= 15 is 0 Å². The minimum absolute atomic E-state index is 0.452. The summed E-state index contributed by atoms with van der Waals surface area (Å²) >= 11 is 0. The molecule has 1 aliphatic rings. The van der Waals surface area contributed by atoms with Crippen molar-refractivity contribution in [2.75, 3.05) is 34.2 Å². The maximum atomic E-state index is 11.4. The number of imide groups is 1. The molecule has 3 N–H and O–H groups in total. The zero-order valence-corrected chi connectivity index (χ0v) is 14.4. The number of amides is 3. The SMILES string of the molecule is CN(C)CCN(C)/C(=N\O)c1ccc(C#CC2NC(=O)NC2=O)cc1. The van der Waals surface area contributed by atoms with Crippen molar-refractivity contribution in [2.24, 2.45) is 5.16 Å². The molecular weight excluding hydrogens is 322 g/mol. The van der Waals surface area contributed by atoms with Gasteiger partial charge in [0.2, 0.25) is 0 Å². The number of hydrogen-bond acceptors (Lipinski definition) is 5. The zero-order chi connectivity index (χ0) is 18.4. The third-order valence-electron chi connectivity index (χ3n) is 3.62. The van der Waals surface area contributed by atoms with Gasteiger partial charge in [0.05, 0.1) is 0 Å². The molecule has 1 aromatic rings. The maximum Gasteiger partial charge on any atom is 0.322 e. The van der Waals surface area contributed by atoms with E-state index in [1.807, 2.05) is 30.9 Å². The third kappa shape index (κ3) is 4.96. The van der Waals surface area contributed by atoms with Crippen molar-refractivity contribution >= 4 is 17.8 Å². The number of likely N-dealkylation sites (N-methyl/N-ethyl adjacent to an activating group) is 2. The first-order valence-electron chi connectivity index (χ1n) is 7.72. The molecule has 1 unspecified atom stereocenters. The van der Waals surface area contributed by atoms with Crippen molar-refractivity contribution < 1.29 is 14.8 Å². The molecule has 1 aromatic carbocycles. The largest absolute Gasteiger partial charge is 0.409 e. The minimum atomic E-state index is -0.834. The first-order chi connectivity index (χ1) is 11.9. The highest BCUT2D eigenvalue weighted by Gasteiger charge is 2.27. The van der Waals surface area contributed by atoms with Crippen LogP contribution in [-0.2, 0) is 4.79 Å². The summed E-state index contributed by atoms with van der Waals surface area (Å²) in [4.78, 5) is 26.4. The van der Waals surface area contributed by atoms with Crippen molar-refractivity contribution in [3.63, 3.8) is 0 Å². The summed E-state index contributed by atoms with van der Waals surface area (Å²) in [6, 6.07) is 5.74. The number of carbonyl (C=O) groups is 2.